The highest BCUT2D eigenvalue weighted by molar-refractivity contribution is 7.99. The van der Waals surface area contributed by atoms with Crippen LogP contribution in [-0.2, 0) is 17.9 Å². The normalized spacial score (nSPS) is 10.9. The van der Waals surface area contributed by atoms with Crippen LogP contribution < -0.4 is 10.1 Å². The first-order valence-electron chi connectivity index (χ1n) is 9.79. The van der Waals surface area contributed by atoms with Crippen molar-refractivity contribution in [3.05, 3.63) is 65.4 Å². The zero-order chi connectivity index (χ0) is 21.3. The van der Waals surface area contributed by atoms with E-state index in [0.717, 1.165) is 24.5 Å². The average Bonchev–Trinajstić information content (AvgIpc) is 3.13. The molecule has 0 aliphatic heterocycles. The number of hydrogen-bond acceptors (Lipinski definition) is 5. The van der Waals surface area contributed by atoms with Crippen molar-refractivity contribution in [1.82, 2.24) is 14.8 Å². The van der Waals surface area contributed by atoms with Crippen LogP contribution in [0.5, 0.6) is 5.75 Å². The zero-order valence-electron chi connectivity index (χ0n) is 17.0. The number of nitrogens with zero attached hydrogens (tertiary/aromatic N) is 3. The lowest BCUT2D eigenvalue weighted by Gasteiger charge is -2.12. The van der Waals surface area contributed by atoms with Crippen LogP contribution in [0.25, 0.3) is 0 Å². The lowest BCUT2D eigenvalue weighted by molar-refractivity contribution is -0.113. The zero-order valence-corrected chi connectivity index (χ0v) is 18.6. The molecule has 0 saturated carbocycles. The number of aromatic nitrogens is 3. The monoisotopic (exact) mass is 444 g/mol. The first-order chi connectivity index (χ1) is 14.5. The molecule has 3 aromatic rings. The average molecular weight is 445 g/mol. The van der Waals surface area contributed by atoms with Crippen LogP contribution in [-0.4, -0.2) is 26.4 Å². The van der Waals surface area contributed by atoms with Crippen molar-refractivity contribution < 1.29 is 9.53 Å². The highest BCUT2D eigenvalue weighted by Crippen LogP contribution is 2.21. The number of amides is 1. The number of benzene rings is 2. The molecule has 1 N–H and O–H groups in total. The second-order valence-electron chi connectivity index (χ2n) is 7.18. The van der Waals surface area contributed by atoms with E-state index < -0.39 is 0 Å². The Bertz CT molecular complexity index is 946. The number of ether oxygens (including phenoxy) is 1. The fourth-order valence-corrected chi connectivity index (χ4v) is 3.58. The third-order valence-electron chi connectivity index (χ3n) is 4.29. The Hall–Kier alpha value is -2.51. The van der Waals surface area contributed by atoms with Gasteiger partial charge in [-0.1, -0.05) is 55.4 Å². The predicted molar refractivity (Wildman–Crippen MR) is 121 cm³/mol. The molecule has 0 bridgehead atoms. The number of anilines is 1. The van der Waals surface area contributed by atoms with Gasteiger partial charge in [-0.2, -0.15) is 0 Å². The molecule has 0 saturated heterocycles. The molecule has 1 heterocycles. The van der Waals surface area contributed by atoms with Gasteiger partial charge in [-0.25, -0.2) is 0 Å². The molecule has 0 radical (unpaired) electrons. The third-order valence-corrected chi connectivity index (χ3v) is 5.51. The molecule has 0 spiro atoms. The maximum Gasteiger partial charge on any atom is 0.234 e. The number of nitrogens with one attached hydrogen (secondary N) is 1. The lowest BCUT2D eigenvalue weighted by atomic mass is 10.1. The molecule has 3 rings (SSSR count). The smallest absolute Gasteiger partial charge is 0.234 e. The molecule has 0 unspecified atom stereocenters. The minimum Gasteiger partial charge on any atom is -0.486 e. The van der Waals surface area contributed by atoms with Crippen LogP contribution in [0.2, 0.25) is 5.02 Å². The van der Waals surface area contributed by atoms with Crippen LogP contribution in [0.4, 0.5) is 5.69 Å². The number of rotatable bonds is 10. The van der Waals surface area contributed by atoms with Crippen LogP contribution in [0.3, 0.4) is 0 Å². The van der Waals surface area contributed by atoms with Crippen molar-refractivity contribution in [3.8, 4) is 5.75 Å². The molecule has 1 aromatic heterocycles. The Balaban J connectivity index is 1.62. The molecule has 6 nitrogen and oxygen atoms in total. The molecule has 0 aliphatic rings. The number of carbonyl (C=O) groups excluding carboxylic acids is 1. The van der Waals surface area contributed by atoms with E-state index in [0.29, 0.717) is 28.4 Å². The van der Waals surface area contributed by atoms with Gasteiger partial charge in [0.15, 0.2) is 11.0 Å². The van der Waals surface area contributed by atoms with Gasteiger partial charge in [0.25, 0.3) is 0 Å². The van der Waals surface area contributed by atoms with E-state index >= 15 is 0 Å². The van der Waals surface area contributed by atoms with Gasteiger partial charge in [0.2, 0.25) is 5.91 Å². The fraction of sp³-hybridized carbons (Fsp3) is 0.318. The minimum absolute atomic E-state index is 0.109. The Kier molecular flexibility index (Phi) is 8.16. The highest BCUT2D eigenvalue weighted by atomic mass is 35.5. The number of carbonyl (C=O) groups is 1. The summed E-state index contributed by atoms with van der Waals surface area (Å²) in [6, 6.07) is 16.7. The molecule has 1 amide bonds. The second-order valence-corrected chi connectivity index (χ2v) is 8.56. The standard InChI is InChI=1S/C22H25ClN4O2S/c1-16(2)12-13-27-20(14-29-19-6-4-3-5-7-19)25-26-22(27)30-15-21(28)24-18-10-8-17(23)9-11-18/h3-11,16H,12-15H2,1-2H3,(H,24,28). The van der Waals surface area contributed by atoms with E-state index in [-0.39, 0.29) is 11.7 Å². The summed E-state index contributed by atoms with van der Waals surface area (Å²) in [6.45, 7) is 5.46. The number of thioether (sulfide) groups is 1. The van der Waals surface area contributed by atoms with E-state index in [1.54, 1.807) is 24.3 Å². The fourth-order valence-electron chi connectivity index (χ4n) is 2.67. The molecule has 8 heteroatoms. The SMILES string of the molecule is CC(C)CCn1c(COc2ccccc2)nnc1SCC(=O)Nc1ccc(Cl)cc1. The van der Waals surface area contributed by atoms with Crippen LogP contribution >= 0.6 is 23.4 Å². The van der Waals surface area contributed by atoms with E-state index in [2.05, 4.69) is 29.4 Å². The Labute approximate surface area is 186 Å². The van der Waals surface area contributed by atoms with Crippen LogP contribution in [0.1, 0.15) is 26.1 Å². The Morgan fingerprint density at radius 2 is 1.87 bits per heavy atom. The molecule has 0 atom stereocenters. The molecule has 30 heavy (non-hydrogen) atoms. The van der Waals surface area contributed by atoms with Gasteiger partial charge in [0, 0.05) is 17.3 Å². The van der Waals surface area contributed by atoms with Crippen molar-refractivity contribution in [2.75, 3.05) is 11.1 Å². The summed E-state index contributed by atoms with van der Waals surface area (Å²) in [5, 5.41) is 12.8. The maximum atomic E-state index is 12.3. The van der Waals surface area contributed by atoms with E-state index in [1.807, 2.05) is 34.9 Å². The molecular weight excluding hydrogens is 420 g/mol. The van der Waals surface area contributed by atoms with E-state index in [4.69, 9.17) is 16.3 Å². The summed E-state index contributed by atoms with van der Waals surface area (Å²) >= 11 is 7.25. The third kappa shape index (κ3) is 6.78. The first-order valence-corrected chi connectivity index (χ1v) is 11.2. The van der Waals surface area contributed by atoms with E-state index in [9.17, 15) is 4.79 Å². The first kappa shape index (κ1) is 22.2. The van der Waals surface area contributed by atoms with Crippen molar-refractivity contribution in [2.24, 2.45) is 5.92 Å². The topological polar surface area (TPSA) is 69.0 Å². The Morgan fingerprint density at radius 3 is 2.57 bits per heavy atom. The van der Waals surface area contributed by atoms with E-state index in [1.165, 1.54) is 11.8 Å². The van der Waals surface area contributed by atoms with Gasteiger partial charge >= 0.3 is 0 Å². The van der Waals surface area contributed by atoms with Gasteiger partial charge in [0.05, 0.1) is 5.75 Å². The van der Waals surface area contributed by atoms with Crippen LogP contribution in [0, 0.1) is 5.92 Å². The molecule has 0 aliphatic carbocycles. The van der Waals surface area contributed by atoms with Gasteiger partial charge in [-0.05, 0) is 48.7 Å². The predicted octanol–water partition coefficient (Wildman–Crippen LogP) is 5.29. The van der Waals surface area contributed by atoms with Gasteiger partial charge < -0.3 is 14.6 Å². The number of halogens is 1. The van der Waals surface area contributed by atoms with Gasteiger partial charge in [-0.15, -0.1) is 10.2 Å². The largest absolute Gasteiger partial charge is 0.486 e. The Morgan fingerprint density at radius 1 is 1.13 bits per heavy atom. The molecular formula is C22H25ClN4O2S. The lowest BCUT2D eigenvalue weighted by Crippen LogP contribution is -2.15. The van der Waals surface area contributed by atoms with Gasteiger partial charge in [-0.3, -0.25) is 4.79 Å². The summed E-state index contributed by atoms with van der Waals surface area (Å²) in [6.07, 6.45) is 0.987. The van der Waals surface area contributed by atoms with Crippen molar-refractivity contribution in [1.29, 1.82) is 0 Å². The molecule has 0 fully saturated rings. The minimum atomic E-state index is -0.109. The number of hydrogen-bond donors (Lipinski definition) is 1. The quantitative estimate of drug-likeness (QED) is 0.430. The second kappa shape index (κ2) is 11.0. The van der Waals surface area contributed by atoms with Gasteiger partial charge in [0.1, 0.15) is 12.4 Å². The summed E-state index contributed by atoms with van der Waals surface area (Å²) in [5.41, 5.74) is 0.711. The maximum absolute atomic E-state index is 12.3. The molecule has 2 aromatic carbocycles. The summed E-state index contributed by atoms with van der Waals surface area (Å²) in [5.74, 6) is 2.21. The van der Waals surface area contributed by atoms with Crippen molar-refractivity contribution in [2.45, 2.75) is 38.6 Å². The summed E-state index contributed by atoms with van der Waals surface area (Å²) < 4.78 is 7.89. The highest BCUT2D eigenvalue weighted by Gasteiger charge is 2.15. The van der Waals surface area contributed by atoms with Crippen LogP contribution in [0.15, 0.2) is 59.8 Å². The van der Waals surface area contributed by atoms with Crippen molar-refractivity contribution in [3.63, 3.8) is 0 Å². The summed E-state index contributed by atoms with van der Waals surface area (Å²) in [7, 11) is 0. The number of para-hydroxylation sites is 1. The molecule has 158 valence electrons. The van der Waals surface area contributed by atoms with Crippen molar-refractivity contribution >= 4 is 35.0 Å². The summed E-state index contributed by atoms with van der Waals surface area (Å²) in [4.78, 5) is 12.3.